The van der Waals surface area contributed by atoms with Gasteiger partial charge in [0.2, 0.25) is 0 Å². The minimum Gasteiger partial charge on any atom is -0.491 e. The molecule has 0 spiro atoms. The van der Waals surface area contributed by atoms with E-state index < -0.39 is 0 Å². The first-order chi connectivity index (χ1) is 20.3. The van der Waals surface area contributed by atoms with Crippen LogP contribution in [0.15, 0.2) is 53.6 Å². The average molecular weight is 675 g/mol. The standard InChI is InChI=1S/C36H55N3O2S.BrH/c1-6-7-8-9-10-11-12-13-14-15-16-17-25-41-34-32(36(3,4)5)19-18-20-33(34)38-35(40)37-31-23-21-30(22-24-31)27-39-26-29(2)42-28-39;/h18-24,26H,6-17,25,27-28H2,1-5H3,(H2,37,38,40);1H. The number of nitrogens with zero attached hydrogens (tertiary/aromatic N) is 1. The van der Waals surface area contributed by atoms with Crippen LogP contribution in [-0.4, -0.2) is 23.4 Å². The predicted octanol–water partition coefficient (Wildman–Crippen LogP) is 11.7. The Morgan fingerprint density at radius 3 is 2.02 bits per heavy atom. The van der Waals surface area contributed by atoms with Crippen LogP contribution in [0.5, 0.6) is 5.75 Å². The highest BCUT2D eigenvalue weighted by molar-refractivity contribution is 8.93. The van der Waals surface area contributed by atoms with Crippen molar-refractivity contribution in [3.05, 3.63) is 64.7 Å². The summed E-state index contributed by atoms with van der Waals surface area (Å²) in [5.41, 5.74) is 3.71. The molecule has 3 rings (SSSR count). The van der Waals surface area contributed by atoms with E-state index >= 15 is 0 Å². The molecule has 2 N–H and O–H groups in total. The zero-order valence-electron chi connectivity index (χ0n) is 27.3. The number of unbranched alkanes of at least 4 members (excludes halogenated alkanes) is 11. The molecule has 0 aromatic heterocycles. The molecule has 0 saturated carbocycles. The Hall–Kier alpha value is -2.12. The van der Waals surface area contributed by atoms with Crippen LogP contribution in [0.4, 0.5) is 16.2 Å². The first-order valence-corrected chi connectivity index (χ1v) is 17.2. The molecule has 43 heavy (non-hydrogen) atoms. The van der Waals surface area contributed by atoms with E-state index in [0.29, 0.717) is 12.3 Å². The van der Waals surface area contributed by atoms with Crippen molar-refractivity contribution in [2.24, 2.45) is 0 Å². The fraction of sp³-hybridized carbons (Fsp3) is 0.583. The van der Waals surface area contributed by atoms with E-state index in [9.17, 15) is 4.79 Å². The number of rotatable bonds is 18. The maximum Gasteiger partial charge on any atom is 0.323 e. The summed E-state index contributed by atoms with van der Waals surface area (Å²) < 4.78 is 6.37. The van der Waals surface area contributed by atoms with Gasteiger partial charge in [0.1, 0.15) is 5.75 Å². The lowest BCUT2D eigenvalue weighted by molar-refractivity contribution is 0.261. The smallest absolute Gasteiger partial charge is 0.323 e. The van der Waals surface area contributed by atoms with Gasteiger partial charge >= 0.3 is 6.03 Å². The third-order valence-electron chi connectivity index (χ3n) is 7.74. The number of thioether (sulfide) groups is 1. The number of amides is 2. The maximum atomic E-state index is 13.0. The molecule has 2 amide bonds. The summed E-state index contributed by atoms with van der Waals surface area (Å²) in [5, 5.41) is 6.04. The number of carbonyl (C=O) groups excluding carboxylic acids is 1. The maximum absolute atomic E-state index is 13.0. The molecule has 0 bridgehead atoms. The lowest BCUT2D eigenvalue weighted by Gasteiger charge is -2.25. The number of anilines is 2. The summed E-state index contributed by atoms with van der Waals surface area (Å²) >= 11 is 1.87. The third-order valence-corrected chi connectivity index (χ3v) is 8.76. The van der Waals surface area contributed by atoms with Gasteiger partial charge in [0.25, 0.3) is 0 Å². The number of allylic oxidation sites excluding steroid dienone is 1. The number of halogens is 1. The van der Waals surface area contributed by atoms with Crippen molar-refractivity contribution in [2.45, 2.75) is 124 Å². The van der Waals surface area contributed by atoms with E-state index in [1.54, 1.807) is 0 Å². The normalized spacial score (nSPS) is 13.0. The lowest BCUT2D eigenvalue weighted by Crippen LogP contribution is -2.21. The van der Waals surface area contributed by atoms with Crippen molar-refractivity contribution in [3.63, 3.8) is 0 Å². The Morgan fingerprint density at radius 2 is 1.47 bits per heavy atom. The van der Waals surface area contributed by atoms with E-state index in [4.69, 9.17) is 4.74 Å². The van der Waals surface area contributed by atoms with Crippen LogP contribution in [0.3, 0.4) is 0 Å². The van der Waals surface area contributed by atoms with E-state index in [1.165, 1.54) is 81.1 Å². The van der Waals surface area contributed by atoms with Crippen molar-refractivity contribution >= 4 is 46.1 Å². The fourth-order valence-electron chi connectivity index (χ4n) is 5.32. The van der Waals surface area contributed by atoms with Crippen LogP contribution in [0, 0.1) is 0 Å². The van der Waals surface area contributed by atoms with Gasteiger partial charge in [0.05, 0.1) is 18.2 Å². The van der Waals surface area contributed by atoms with E-state index in [1.807, 2.05) is 36.0 Å². The quantitative estimate of drug-likeness (QED) is 0.155. The molecular weight excluding hydrogens is 618 g/mol. The van der Waals surface area contributed by atoms with Crippen LogP contribution < -0.4 is 15.4 Å². The minimum atomic E-state index is -0.265. The zero-order chi connectivity index (χ0) is 30.2. The number of carbonyl (C=O) groups is 1. The zero-order valence-corrected chi connectivity index (χ0v) is 29.8. The van der Waals surface area contributed by atoms with E-state index in [2.05, 4.69) is 74.6 Å². The van der Waals surface area contributed by atoms with Gasteiger partial charge in [-0.3, -0.25) is 0 Å². The topological polar surface area (TPSA) is 53.6 Å². The number of para-hydroxylation sites is 1. The Balaban J connectivity index is 0.00000645. The molecule has 0 atom stereocenters. The first-order valence-electron chi connectivity index (χ1n) is 16.2. The Labute approximate surface area is 276 Å². The number of hydrogen-bond acceptors (Lipinski definition) is 4. The van der Waals surface area contributed by atoms with Gasteiger partial charge in [-0.1, -0.05) is 123 Å². The van der Waals surface area contributed by atoms with Gasteiger partial charge in [-0.05, 0) is 47.4 Å². The molecule has 0 radical (unpaired) electrons. The molecular formula is C36H56BrN3O2S. The number of benzene rings is 2. The minimum absolute atomic E-state index is 0. The van der Waals surface area contributed by atoms with Crippen LogP contribution >= 0.6 is 28.7 Å². The van der Waals surface area contributed by atoms with Gasteiger partial charge in [-0.25, -0.2) is 4.79 Å². The fourth-order valence-corrected chi connectivity index (χ4v) is 6.08. The Morgan fingerprint density at radius 1 is 0.860 bits per heavy atom. The molecule has 2 aromatic rings. The molecule has 1 aliphatic heterocycles. The molecule has 5 nitrogen and oxygen atoms in total. The highest BCUT2D eigenvalue weighted by Crippen LogP contribution is 2.37. The summed E-state index contributed by atoms with van der Waals surface area (Å²) in [7, 11) is 0. The molecule has 0 aliphatic carbocycles. The van der Waals surface area contributed by atoms with Crippen LogP contribution in [0.25, 0.3) is 0 Å². The summed E-state index contributed by atoms with van der Waals surface area (Å²) in [6, 6.07) is 13.8. The van der Waals surface area contributed by atoms with E-state index in [0.717, 1.165) is 35.8 Å². The van der Waals surface area contributed by atoms with Crippen molar-refractivity contribution in [3.8, 4) is 5.75 Å². The van der Waals surface area contributed by atoms with Crippen molar-refractivity contribution in [2.75, 3.05) is 23.1 Å². The number of hydrogen-bond donors (Lipinski definition) is 2. The van der Waals surface area contributed by atoms with E-state index in [-0.39, 0.29) is 28.4 Å². The second kappa shape index (κ2) is 20.0. The molecule has 7 heteroatoms. The van der Waals surface area contributed by atoms with Crippen LogP contribution in [-0.2, 0) is 12.0 Å². The van der Waals surface area contributed by atoms with Gasteiger partial charge in [-0.2, -0.15) is 0 Å². The number of urea groups is 1. The summed E-state index contributed by atoms with van der Waals surface area (Å²) in [4.78, 5) is 16.6. The molecule has 1 heterocycles. The highest BCUT2D eigenvalue weighted by Gasteiger charge is 2.22. The van der Waals surface area contributed by atoms with Crippen molar-refractivity contribution in [1.82, 2.24) is 4.90 Å². The van der Waals surface area contributed by atoms with Crippen molar-refractivity contribution in [1.29, 1.82) is 0 Å². The van der Waals surface area contributed by atoms with Crippen molar-refractivity contribution < 1.29 is 9.53 Å². The molecule has 0 fully saturated rings. The second-order valence-corrected chi connectivity index (χ2v) is 13.9. The largest absolute Gasteiger partial charge is 0.491 e. The molecule has 240 valence electrons. The van der Waals surface area contributed by atoms with Gasteiger partial charge in [0, 0.05) is 24.0 Å². The number of ether oxygens (including phenoxy) is 1. The van der Waals surface area contributed by atoms with Gasteiger partial charge < -0.3 is 20.3 Å². The Bertz CT molecular complexity index is 1110. The van der Waals surface area contributed by atoms with Crippen LogP contribution in [0.1, 0.15) is 123 Å². The monoisotopic (exact) mass is 673 g/mol. The third kappa shape index (κ3) is 14.0. The lowest BCUT2D eigenvalue weighted by atomic mass is 9.86. The average Bonchev–Trinajstić information content (AvgIpc) is 3.36. The molecule has 2 aromatic carbocycles. The molecule has 1 aliphatic rings. The summed E-state index contributed by atoms with van der Waals surface area (Å²) in [5.74, 6) is 1.77. The second-order valence-electron chi connectivity index (χ2n) is 12.7. The Kier molecular flexibility index (Phi) is 17.3. The summed E-state index contributed by atoms with van der Waals surface area (Å²) in [6.45, 7) is 12.5. The molecule has 0 unspecified atom stereocenters. The predicted molar refractivity (Wildman–Crippen MR) is 193 cm³/mol. The summed E-state index contributed by atoms with van der Waals surface area (Å²) in [6.07, 6.45) is 18.0. The highest BCUT2D eigenvalue weighted by atomic mass is 79.9. The first kappa shape index (κ1) is 37.1. The van der Waals surface area contributed by atoms with Gasteiger partial charge in [0.15, 0.2) is 0 Å². The van der Waals surface area contributed by atoms with Crippen LogP contribution in [0.2, 0.25) is 0 Å². The number of nitrogens with one attached hydrogen (secondary N) is 2. The van der Waals surface area contributed by atoms with Gasteiger partial charge in [-0.15, -0.1) is 28.7 Å². The SMILES string of the molecule is Br.CCCCCCCCCCCCCCOc1c(NC(=O)Nc2ccc(CN3C=C(C)SC3)cc2)cccc1C(C)(C)C. The molecule has 0 saturated heterocycles.